The number of nitro groups is 1. The zero-order valence-corrected chi connectivity index (χ0v) is 17.6. The van der Waals surface area contributed by atoms with E-state index in [9.17, 15) is 10.1 Å². The first-order chi connectivity index (χ1) is 14.1. The Morgan fingerprint density at radius 1 is 1.10 bits per heavy atom. The van der Waals surface area contributed by atoms with Gasteiger partial charge in [0.2, 0.25) is 0 Å². The van der Waals surface area contributed by atoms with Crippen LogP contribution in [0.4, 0.5) is 5.69 Å². The van der Waals surface area contributed by atoms with E-state index in [2.05, 4.69) is 16.0 Å². The van der Waals surface area contributed by atoms with Gasteiger partial charge in [0.1, 0.15) is 0 Å². The molecule has 0 saturated carbocycles. The van der Waals surface area contributed by atoms with Crippen molar-refractivity contribution in [2.45, 2.75) is 26.4 Å². The highest BCUT2D eigenvalue weighted by Gasteiger charge is 2.25. The van der Waals surface area contributed by atoms with E-state index in [1.165, 1.54) is 0 Å². The molecule has 4 rings (SSSR count). The summed E-state index contributed by atoms with van der Waals surface area (Å²) < 4.78 is 13.7. The zero-order valence-electron chi connectivity index (χ0n) is 16.8. The normalized spacial score (nSPS) is 14.7. The summed E-state index contributed by atoms with van der Waals surface area (Å²) in [7, 11) is 0. The fourth-order valence-electron chi connectivity index (χ4n) is 3.74. The summed E-state index contributed by atoms with van der Waals surface area (Å²) in [6.07, 6.45) is 2.02. The van der Waals surface area contributed by atoms with Crippen molar-refractivity contribution < 1.29 is 14.4 Å². The summed E-state index contributed by atoms with van der Waals surface area (Å²) in [6.45, 7) is 5.65. The van der Waals surface area contributed by atoms with Gasteiger partial charge in [-0.2, -0.15) is 0 Å². The average Bonchev–Trinajstić information content (AvgIpc) is 3.14. The highest BCUT2D eigenvalue weighted by Crippen LogP contribution is 2.37. The summed E-state index contributed by atoms with van der Waals surface area (Å²) in [6, 6.07) is 14.7. The lowest BCUT2D eigenvalue weighted by molar-refractivity contribution is -0.384. The van der Waals surface area contributed by atoms with Crippen LogP contribution in [0.2, 0.25) is 0 Å². The predicted molar refractivity (Wildman–Crippen MR) is 117 cm³/mol. The van der Waals surface area contributed by atoms with E-state index in [1.54, 1.807) is 24.3 Å². The number of fused-ring (bicyclic) bond motifs is 3. The molecule has 1 aromatic heterocycles. The monoisotopic (exact) mass is 429 g/mol. The first-order valence-corrected chi connectivity index (χ1v) is 9.70. The second kappa shape index (κ2) is 9.19. The SMILES string of the molecule is CCOc1cc2c(cc1OCC)-n1cccc1C(c1ccc([N+](=O)[O-])cc1)NC2.Cl. The van der Waals surface area contributed by atoms with Gasteiger partial charge in [-0.1, -0.05) is 12.1 Å². The third-order valence-electron chi connectivity index (χ3n) is 5.01. The number of aromatic nitrogens is 1. The molecule has 0 fully saturated rings. The molecule has 0 saturated heterocycles. The number of nitrogens with zero attached hydrogens (tertiary/aromatic N) is 2. The summed E-state index contributed by atoms with van der Waals surface area (Å²) in [4.78, 5) is 10.6. The Bertz CT molecular complexity index is 1030. The van der Waals surface area contributed by atoms with E-state index < -0.39 is 0 Å². The molecule has 1 atom stereocenters. The van der Waals surface area contributed by atoms with Gasteiger partial charge >= 0.3 is 0 Å². The van der Waals surface area contributed by atoms with E-state index >= 15 is 0 Å². The predicted octanol–water partition coefficient (Wildman–Crippen LogP) is 4.80. The van der Waals surface area contributed by atoms with Gasteiger partial charge in [-0.15, -0.1) is 12.4 Å². The zero-order chi connectivity index (χ0) is 20.4. The molecule has 2 aromatic carbocycles. The molecule has 0 amide bonds. The van der Waals surface area contributed by atoms with Crippen LogP contribution < -0.4 is 14.8 Å². The maximum atomic E-state index is 11.0. The summed E-state index contributed by atoms with van der Waals surface area (Å²) in [5.74, 6) is 1.46. The number of non-ortho nitro benzene ring substituents is 1. The van der Waals surface area contributed by atoms with Gasteiger partial charge < -0.3 is 19.4 Å². The van der Waals surface area contributed by atoms with Crippen LogP contribution in [0.25, 0.3) is 5.69 Å². The molecule has 30 heavy (non-hydrogen) atoms. The molecule has 1 aliphatic rings. The number of hydrogen-bond acceptors (Lipinski definition) is 5. The van der Waals surface area contributed by atoms with E-state index in [0.29, 0.717) is 19.8 Å². The molecular formula is C22H24ClN3O4. The third-order valence-corrected chi connectivity index (χ3v) is 5.01. The molecule has 3 aromatic rings. The lowest BCUT2D eigenvalue weighted by Gasteiger charge is -2.18. The molecule has 0 bridgehead atoms. The molecule has 1 unspecified atom stereocenters. The largest absolute Gasteiger partial charge is 0.490 e. The van der Waals surface area contributed by atoms with Gasteiger partial charge in [0.05, 0.1) is 29.9 Å². The third kappa shape index (κ3) is 3.99. The second-order valence-corrected chi connectivity index (χ2v) is 6.76. The van der Waals surface area contributed by atoms with Crippen molar-refractivity contribution in [1.82, 2.24) is 9.88 Å². The van der Waals surface area contributed by atoms with Crippen molar-refractivity contribution in [2.24, 2.45) is 0 Å². The van der Waals surface area contributed by atoms with Crippen molar-refractivity contribution in [3.63, 3.8) is 0 Å². The Morgan fingerprint density at radius 3 is 2.40 bits per heavy atom. The molecule has 7 nitrogen and oxygen atoms in total. The van der Waals surface area contributed by atoms with Crippen LogP contribution in [-0.2, 0) is 6.54 Å². The Kier molecular flexibility index (Phi) is 6.64. The number of benzene rings is 2. The minimum absolute atomic E-state index is 0. The fourth-order valence-corrected chi connectivity index (χ4v) is 3.74. The van der Waals surface area contributed by atoms with Gasteiger partial charge in [-0.05, 0) is 43.2 Å². The minimum Gasteiger partial charge on any atom is -0.490 e. The van der Waals surface area contributed by atoms with Gasteiger partial charge in [0, 0.05) is 36.6 Å². The van der Waals surface area contributed by atoms with Crippen LogP contribution in [0, 0.1) is 10.1 Å². The number of nitro benzene ring substituents is 1. The Hall–Kier alpha value is -3.03. The van der Waals surface area contributed by atoms with Gasteiger partial charge in [-0.25, -0.2) is 0 Å². The van der Waals surface area contributed by atoms with Crippen LogP contribution in [0.1, 0.15) is 36.7 Å². The van der Waals surface area contributed by atoms with Crippen molar-refractivity contribution >= 4 is 18.1 Å². The smallest absolute Gasteiger partial charge is 0.269 e. The molecular weight excluding hydrogens is 406 g/mol. The first kappa shape index (κ1) is 21.7. The first-order valence-electron chi connectivity index (χ1n) is 9.70. The van der Waals surface area contributed by atoms with Gasteiger partial charge in [0.25, 0.3) is 5.69 Å². The van der Waals surface area contributed by atoms with Crippen LogP contribution in [0.15, 0.2) is 54.7 Å². The number of rotatable bonds is 6. The van der Waals surface area contributed by atoms with Crippen molar-refractivity contribution in [1.29, 1.82) is 0 Å². The van der Waals surface area contributed by atoms with E-state index in [4.69, 9.17) is 9.47 Å². The number of nitrogens with one attached hydrogen (secondary N) is 1. The second-order valence-electron chi connectivity index (χ2n) is 6.76. The van der Waals surface area contributed by atoms with Crippen LogP contribution in [-0.4, -0.2) is 22.7 Å². The quantitative estimate of drug-likeness (QED) is 0.450. The van der Waals surface area contributed by atoms with Gasteiger partial charge in [-0.3, -0.25) is 10.1 Å². The minimum atomic E-state index is -0.382. The maximum Gasteiger partial charge on any atom is 0.269 e. The van der Waals surface area contributed by atoms with Crippen molar-refractivity contribution in [3.05, 3.63) is 81.7 Å². The van der Waals surface area contributed by atoms with E-state index in [0.717, 1.165) is 34.0 Å². The standard InChI is InChI=1S/C22H23N3O4.ClH/c1-3-28-20-12-16-14-23-22(15-7-9-17(10-8-15)25(26)27)18-6-5-11-24(18)19(16)13-21(20)29-4-2;/h5-13,22-23H,3-4,14H2,1-2H3;1H. The van der Waals surface area contributed by atoms with Crippen LogP contribution >= 0.6 is 12.4 Å². The Balaban J connectivity index is 0.00000256. The number of ether oxygens (including phenoxy) is 2. The van der Waals surface area contributed by atoms with Crippen molar-refractivity contribution in [2.75, 3.05) is 13.2 Å². The molecule has 1 N–H and O–H groups in total. The summed E-state index contributed by atoms with van der Waals surface area (Å²) in [5.41, 5.74) is 4.25. The number of hydrogen-bond donors (Lipinski definition) is 1. The van der Waals surface area contributed by atoms with Crippen LogP contribution in [0.3, 0.4) is 0 Å². The Morgan fingerprint density at radius 2 is 1.77 bits per heavy atom. The highest BCUT2D eigenvalue weighted by molar-refractivity contribution is 5.85. The molecule has 0 radical (unpaired) electrons. The summed E-state index contributed by atoms with van der Waals surface area (Å²) in [5, 5.41) is 14.6. The maximum absolute atomic E-state index is 11.0. The topological polar surface area (TPSA) is 78.6 Å². The molecule has 1 aliphatic heterocycles. The van der Waals surface area contributed by atoms with Gasteiger partial charge in [0.15, 0.2) is 11.5 Å². The molecule has 2 heterocycles. The molecule has 0 aliphatic carbocycles. The van der Waals surface area contributed by atoms with E-state index in [-0.39, 0.29) is 29.1 Å². The molecule has 0 spiro atoms. The fraction of sp³-hybridized carbons (Fsp3) is 0.273. The molecule has 8 heteroatoms. The van der Waals surface area contributed by atoms with E-state index in [1.807, 2.05) is 38.2 Å². The highest BCUT2D eigenvalue weighted by atomic mass is 35.5. The summed E-state index contributed by atoms with van der Waals surface area (Å²) >= 11 is 0. The number of halogens is 1. The average molecular weight is 430 g/mol. The molecule has 158 valence electrons. The Labute approximate surface area is 181 Å². The van der Waals surface area contributed by atoms with Crippen molar-refractivity contribution in [3.8, 4) is 17.2 Å². The lowest BCUT2D eigenvalue weighted by Crippen LogP contribution is -2.21. The van der Waals surface area contributed by atoms with Crippen LogP contribution in [0.5, 0.6) is 11.5 Å². The lowest BCUT2D eigenvalue weighted by atomic mass is 10.0.